The number of nitrogens with one attached hydrogen (secondary N) is 1. The predicted molar refractivity (Wildman–Crippen MR) is 61.3 cm³/mol. The molecule has 0 bridgehead atoms. The maximum Gasteiger partial charge on any atom is 0.0948 e. The molecule has 16 heavy (non-hydrogen) atoms. The minimum atomic E-state index is -0.336. The fourth-order valence-corrected chi connectivity index (χ4v) is 2.42. The van der Waals surface area contributed by atoms with Gasteiger partial charge < -0.3 is 15.2 Å². The third kappa shape index (κ3) is 1.98. The number of rotatable bonds is 3. The third-order valence-corrected chi connectivity index (χ3v) is 3.50. The van der Waals surface area contributed by atoms with Crippen molar-refractivity contribution in [3.8, 4) is 0 Å². The number of hydrogen-bond acceptors (Lipinski definition) is 3. The topological polar surface area (TPSA) is 41.5 Å². The Kier molecular flexibility index (Phi) is 2.67. The molecule has 0 amide bonds. The summed E-state index contributed by atoms with van der Waals surface area (Å²) in [4.78, 5) is 0. The van der Waals surface area contributed by atoms with Gasteiger partial charge in [0.1, 0.15) is 0 Å². The Labute approximate surface area is 95.4 Å². The first kappa shape index (κ1) is 10.3. The molecule has 1 heterocycles. The van der Waals surface area contributed by atoms with Crippen molar-refractivity contribution in [1.29, 1.82) is 0 Å². The molecule has 3 rings (SSSR count). The van der Waals surface area contributed by atoms with Crippen LogP contribution in [0.4, 0.5) is 0 Å². The smallest absolute Gasteiger partial charge is 0.0948 e. The van der Waals surface area contributed by atoms with Crippen LogP contribution in [0.15, 0.2) is 30.3 Å². The van der Waals surface area contributed by atoms with E-state index in [1.165, 1.54) is 12.0 Å². The average molecular weight is 219 g/mol. The van der Waals surface area contributed by atoms with Crippen LogP contribution in [0.3, 0.4) is 0 Å². The second-order valence-corrected chi connectivity index (χ2v) is 4.74. The second-order valence-electron chi connectivity index (χ2n) is 4.74. The number of ether oxygens (including phenoxy) is 1. The Morgan fingerprint density at radius 3 is 2.62 bits per heavy atom. The molecular formula is C13H17NO2. The lowest BCUT2D eigenvalue weighted by Crippen LogP contribution is -2.40. The highest BCUT2D eigenvalue weighted by molar-refractivity contribution is 5.27. The van der Waals surface area contributed by atoms with Gasteiger partial charge in [0.05, 0.1) is 25.4 Å². The van der Waals surface area contributed by atoms with E-state index in [0.717, 1.165) is 0 Å². The maximum atomic E-state index is 9.63. The molecule has 0 aromatic heterocycles. The molecule has 2 fully saturated rings. The fraction of sp³-hybridized carbons (Fsp3) is 0.538. The largest absolute Gasteiger partial charge is 0.389 e. The average Bonchev–Trinajstić information content (AvgIpc) is 2.97. The molecule has 1 aliphatic heterocycles. The first-order chi connectivity index (χ1) is 7.84. The van der Waals surface area contributed by atoms with E-state index in [0.29, 0.717) is 25.2 Å². The monoisotopic (exact) mass is 219 g/mol. The highest BCUT2D eigenvalue weighted by Crippen LogP contribution is 2.41. The minimum Gasteiger partial charge on any atom is -0.389 e. The molecule has 4 unspecified atom stereocenters. The standard InChI is InChI=1S/C13H17NO2/c15-13-8-16-7-12(13)14-11-6-10(11)9-4-2-1-3-5-9/h1-5,10-15H,6-8H2. The SMILES string of the molecule is OC1COCC1NC1CC1c1ccccc1. The van der Waals surface area contributed by atoms with E-state index in [-0.39, 0.29) is 12.1 Å². The van der Waals surface area contributed by atoms with Crippen molar-refractivity contribution in [1.82, 2.24) is 5.32 Å². The summed E-state index contributed by atoms with van der Waals surface area (Å²) in [6.45, 7) is 1.11. The van der Waals surface area contributed by atoms with Gasteiger partial charge in [-0.15, -0.1) is 0 Å². The molecular weight excluding hydrogens is 202 g/mol. The zero-order chi connectivity index (χ0) is 11.0. The molecule has 1 aromatic carbocycles. The van der Waals surface area contributed by atoms with Crippen LogP contribution in [-0.4, -0.2) is 36.5 Å². The molecule has 2 aliphatic rings. The normalized spacial score (nSPS) is 37.6. The quantitative estimate of drug-likeness (QED) is 0.793. The Morgan fingerprint density at radius 2 is 1.94 bits per heavy atom. The summed E-state index contributed by atoms with van der Waals surface area (Å²) in [5, 5.41) is 13.1. The first-order valence-corrected chi connectivity index (χ1v) is 5.91. The lowest BCUT2D eigenvalue weighted by Gasteiger charge is -2.14. The first-order valence-electron chi connectivity index (χ1n) is 5.91. The predicted octanol–water partition coefficient (Wildman–Crippen LogP) is 0.892. The van der Waals surface area contributed by atoms with Gasteiger partial charge in [0.2, 0.25) is 0 Å². The Morgan fingerprint density at radius 1 is 1.12 bits per heavy atom. The van der Waals surface area contributed by atoms with Gasteiger partial charge in [0, 0.05) is 12.0 Å². The van der Waals surface area contributed by atoms with Crippen LogP contribution >= 0.6 is 0 Å². The molecule has 86 valence electrons. The molecule has 3 nitrogen and oxygen atoms in total. The van der Waals surface area contributed by atoms with E-state index in [9.17, 15) is 5.11 Å². The van der Waals surface area contributed by atoms with E-state index >= 15 is 0 Å². The molecule has 0 spiro atoms. The van der Waals surface area contributed by atoms with E-state index < -0.39 is 0 Å². The highest BCUT2D eigenvalue weighted by atomic mass is 16.5. The summed E-state index contributed by atoms with van der Waals surface area (Å²) in [5.74, 6) is 0.619. The van der Waals surface area contributed by atoms with E-state index in [4.69, 9.17) is 4.74 Å². The van der Waals surface area contributed by atoms with Crippen molar-refractivity contribution in [3.05, 3.63) is 35.9 Å². The van der Waals surface area contributed by atoms with Gasteiger partial charge in [-0.1, -0.05) is 30.3 Å². The van der Waals surface area contributed by atoms with Crippen LogP contribution in [-0.2, 0) is 4.74 Å². The van der Waals surface area contributed by atoms with Gasteiger partial charge >= 0.3 is 0 Å². The van der Waals surface area contributed by atoms with E-state index in [1.807, 2.05) is 6.07 Å². The molecule has 0 radical (unpaired) electrons. The van der Waals surface area contributed by atoms with Gasteiger partial charge in [0.15, 0.2) is 0 Å². The van der Waals surface area contributed by atoms with Crippen LogP contribution < -0.4 is 5.32 Å². The molecule has 2 N–H and O–H groups in total. The molecule has 3 heteroatoms. The molecule has 1 saturated carbocycles. The summed E-state index contributed by atoms with van der Waals surface area (Å²) >= 11 is 0. The van der Waals surface area contributed by atoms with Crippen molar-refractivity contribution in [2.75, 3.05) is 13.2 Å². The van der Waals surface area contributed by atoms with Gasteiger partial charge in [-0.25, -0.2) is 0 Å². The van der Waals surface area contributed by atoms with E-state index in [2.05, 4.69) is 29.6 Å². The molecule has 1 aromatic rings. The third-order valence-electron chi connectivity index (χ3n) is 3.50. The van der Waals surface area contributed by atoms with Gasteiger partial charge in [-0.2, -0.15) is 0 Å². The van der Waals surface area contributed by atoms with Gasteiger partial charge in [-0.05, 0) is 12.0 Å². The number of aliphatic hydroxyl groups excluding tert-OH is 1. The molecule has 1 saturated heterocycles. The second kappa shape index (κ2) is 4.17. The number of benzene rings is 1. The zero-order valence-electron chi connectivity index (χ0n) is 9.17. The van der Waals surface area contributed by atoms with Gasteiger partial charge in [0.25, 0.3) is 0 Å². The summed E-state index contributed by atoms with van der Waals surface area (Å²) in [6.07, 6.45) is 0.838. The summed E-state index contributed by atoms with van der Waals surface area (Å²) in [5.41, 5.74) is 1.40. The Balaban J connectivity index is 1.56. The zero-order valence-corrected chi connectivity index (χ0v) is 9.17. The van der Waals surface area contributed by atoms with Crippen molar-refractivity contribution in [3.63, 3.8) is 0 Å². The van der Waals surface area contributed by atoms with E-state index in [1.54, 1.807) is 0 Å². The van der Waals surface area contributed by atoms with Crippen LogP contribution in [0.5, 0.6) is 0 Å². The van der Waals surface area contributed by atoms with Crippen molar-refractivity contribution >= 4 is 0 Å². The lowest BCUT2D eigenvalue weighted by molar-refractivity contribution is 0.122. The van der Waals surface area contributed by atoms with Crippen molar-refractivity contribution < 1.29 is 9.84 Å². The van der Waals surface area contributed by atoms with Crippen LogP contribution in [0, 0.1) is 0 Å². The summed E-state index contributed by atoms with van der Waals surface area (Å²) < 4.78 is 5.23. The van der Waals surface area contributed by atoms with Crippen LogP contribution in [0.1, 0.15) is 17.9 Å². The number of aliphatic hydroxyl groups is 1. The Bertz CT molecular complexity index is 354. The minimum absolute atomic E-state index is 0.124. The van der Waals surface area contributed by atoms with Crippen molar-refractivity contribution in [2.45, 2.75) is 30.5 Å². The van der Waals surface area contributed by atoms with Crippen LogP contribution in [0.2, 0.25) is 0 Å². The fourth-order valence-electron chi connectivity index (χ4n) is 2.42. The summed E-state index contributed by atoms with van der Waals surface area (Å²) in [7, 11) is 0. The maximum absolute atomic E-state index is 9.63. The van der Waals surface area contributed by atoms with Gasteiger partial charge in [-0.3, -0.25) is 0 Å². The molecule has 1 aliphatic carbocycles. The van der Waals surface area contributed by atoms with Crippen molar-refractivity contribution in [2.24, 2.45) is 0 Å². The summed E-state index contributed by atoms with van der Waals surface area (Å²) in [6, 6.07) is 11.2. The Hall–Kier alpha value is -0.900. The number of hydrogen-bond donors (Lipinski definition) is 2. The highest BCUT2D eigenvalue weighted by Gasteiger charge is 2.41. The van der Waals surface area contributed by atoms with Crippen LogP contribution in [0.25, 0.3) is 0 Å². The molecule has 4 atom stereocenters. The lowest BCUT2D eigenvalue weighted by atomic mass is 10.1.